The lowest BCUT2D eigenvalue weighted by Gasteiger charge is -2.39. The molecule has 3 aliphatic rings. The van der Waals surface area contributed by atoms with E-state index in [0.29, 0.717) is 25.9 Å². The number of anilines is 2. The van der Waals surface area contributed by atoms with Crippen LogP contribution in [0.2, 0.25) is 0 Å². The van der Waals surface area contributed by atoms with Gasteiger partial charge in [0.15, 0.2) is 0 Å². The summed E-state index contributed by atoms with van der Waals surface area (Å²) in [7, 11) is 1.67. The molecule has 1 heterocycles. The first-order valence-electron chi connectivity index (χ1n) is 12.9. The lowest BCUT2D eigenvalue weighted by molar-refractivity contribution is -0.141. The fourth-order valence-electron chi connectivity index (χ4n) is 5.71. The molecule has 2 aliphatic carbocycles. The number of methoxy groups -OCH3 is 1. The Bertz CT molecular complexity index is 1090. The summed E-state index contributed by atoms with van der Waals surface area (Å²) in [5.74, 6) is 0.300. The van der Waals surface area contributed by atoms with Crippen molar-refractivity contribution in [2.75, 3.05) is 43.5 Å². The molecule has 0 radical (unpaired) electrons. The molecule has 0 aromatic heterocycles. The number of amides is 2. The van der Waals surface area contributed by atoms with Gasteiger partial charge in [0.05, 0.1) is 18.9 Å². The highest BCUT2D eigenvalue weighted by Gasteiger charge is 2.37. The van der Waals surface area contributed by atoms with Gasteiger partial charge in [-0.2, -0.15) is 0 Å². The highest BCUT2D eigenvalue weighted by molar-refractivity contribution is 5.97. The van der Waals surface area contributed by atoms with Gasteiger partial charge in [0.1, 0.15) is 5.75 Å². The number of piperazine rings is 1. The van der Waals surface area contributed by atoms with Gasteiger partial charge in [0.25, 0.3) is 0 Å². The Morgan fingerprint density at radius 3 is 2.34 bits per heavy atom. The van der Waals surface area contributed by atoms with Gasteiger partial charge in [0, 0.05) is 37.6 Å². The van der Waals surface area contributed by atoms with Crippen LogP contribution < -0.4 is 15.0 Å². The monoisotopic (exact) mass is 473 g/mol. The Hall–Kier alpha value is -3.28. The smallest absolute Gasteiger partial charge is 0.228 e. The predicted octanol–water partition coefficient (Wildman–Crippen LogP) is 4.44. The number of rotatable bonds is 5. The molecule has 0 saturated carbocycles. The van der Waals surface area contributed by atoms with E-state index in [4.69, 9.17) is 4.74 Å². The van der Waals surface area contributed by atoms with Gasteiger partial charge in [-0.15, -0.1) is 0 Å². The second kappa shape index (κ2) is 10.5. The van der Waals surface area contributed by atoms with Gasteiger partial charge in [0.2, 0.25) is 11.8 Å². The molecule has 2 atom stereocenters. The second-order valence-corrected chi connectivity index (χ2v) is 9.81. The van der Waals surface area contributed by atoms with Crippen molar-refractivity contribution in [3.8, 4) is 5.75 Å². The van der Waals surface area contributed by atoms with Crippen molar-refractivity contribution in [3.63, 3.8) is 0 Å². The SMILES string of the molecule is COc1ccc(N2CCN(C(=O)C3CC=CCC3C(=O)Nc3cccc4c3CCCC4)CC2)cc1. The van der Waals surface area contributed by atoms with Crippen LogP contribution in [0.15, 0.2) is 54.6 Å². The summed E-state index contributed by atoms with van der Waals surface area (Å²) in [6.45, 7) is 2.92. The van der Waals surface area contributed by atoms with Gasteiger partial charge >= 0.3 is 0 Å². The molecule has 5 rings (SSSR count). The fourth-order valence-corrected chi connectivity index (χ4v) is 5.71. The van der Waals surface area contributed by atoms with Gasteiger partial charge in [-0.05, 0) is 80.0 Å². The number of allylic oxidation sites excluding steroid dienone is 2. The molecule has 6 heteroatoms. The molecule has 1 saturated heterocycles. The third-order valence-electron chi connectivity index (χ3n) is 7.77. The van der Waals surface area contributed by atoms with Crippen molar-refractivity contribution in [2.24, 2.45) is 11.8 Å². The van der Waals surface area contributed by atoms with E-state index >= 15 is 0 Å². The summed E-state index contributed by atoms with van der Waals surface area (Å²) < 4.78 is 5.26. The number of nitrogens with zero attached hydrogens (tertiary/aromatic N) is 2. The van der Waals surface area contributed by atoms with Crippen LogP contribution in [-0.2, 0) is 22.4 Å². The number of ether oxygens (including phenoxy) is 1. The Morgan fingerprint density at radius 1 is 0.886 bits per heavy atom. The molecule has 2 unspecified atom stereocenters. The van der Waals surface area contributed by atoms with E-state index in [9.17, 15) is 9.59 Å². The predicted molar refractivity (Wildman–Crippen MR) is 139 cm³/mol. The number of carbonyl (C=O) groups is 2. The lowest BCUT2D eigenvalue weighted by Crippen LogP contribution is -2.52. The topological polar surface area (TPSA) is 61.9 Å². The number of benzene rings is 2. The molecule has 0 bridgehead atoms. The van der Waals surface area contributed by atoms with Gasteiger partial charge in [-0.3, -0.25) is 9.59 Å². The van der Waals surface area contributed by atoms with E-state index < -0.39 is 0 Å². The maximum absolute atomic E-state index is 13.6. The molecule has 2 aromatic carbocycles. The molecule has 1 N–H and O–H groups in total. The molecule has 2 amide bonds. The number of carbonyl (C=O) groups excluding carboxylic acids is 2. The largest absolute Gasteiger partial charge is 0.497 e. The number of hydrogen-bond acceptors (Lipinski definition) is 4. The van der Waals surface area contributed by atoms with Crippen molar-refractivity contribution in [1.82, 2.24) is 4.90 Å². The van der Waals surface area contributed by atoms with Crippen LogP contribution in [0.5, 0.6) is 5.75 Å². The quantitative estimate of drug-likeness (QED) is 0.652. The Kier molecular flexibility index (Phi) is 7.07. The molecule has 0 spiro atoms. The van der Waals surface area contributed by atoms with E-state index in [-0.39, 0.29) is 23.7 Å². The summed E-state index contributed by atoms with van der Waals surface area (Å²) in [4.78, 5) is 31.2. The first-order valence-corrected chi connectivity index (χ1v) is 12.9. The second-order valence-electron chi connectivity index (χ2n) is 9.81. The average Bonchev–Trinajstić information content (AvgIpc) is 2.93. The highest BCUT2D eigenvalue weighted by Crippen LogP contribution is 2.32. The Labute approximate surface area is 207 Å². The van der Waals surface area contributed by atoms with Crippen LogP contribution in [0.3, 0.4) is 0 Å². The molecule has 184 valence electrons. The van der Waals surface area contributed by atoms with Gasteiger partial charge in [-0.25, -0.2) is 0 Å². The van der Waals surface area contributed by atoms with Crippen molar-refractivity contribution >= 4 is 23.2 Å². The first kappa shape index (κ1) is 23.5. The number of nitrogens with one attached hydrogen (secondary N) is 1. The summed E-state index contributed by atoms with van der Waals surface area (Å²) in [5.41, 5.74) is 4.69. The van der Waals surface area contributed by atoms with E-state index in [1.54, 1.807) is 7.11 Å². The van der Waals surface area contributed by atoms with Crippen molar-refractivity contribution < 1.29 is 14.3 Å². The number of fused-ring (bicyclic) bond motifs is 1. The van der Waals surface area contributed by atoms with Gasteiger partial charge in [-0.1, -0.05) is 24.3 Å². The number of hydrogen-bond donors (Lipinski definition) is 1. The van der Waals surface area contributed by atoms with E-state index in [1.807, 2.05) is 29.2 Å². The minimum absolute atomic E-state index is 0.0245. The highest BCUT2D eigenvalue weighted by atomic mass is 16.5. The summed E-state index contributed by atoms with van der Waals surface area (Å²) in [6, 6.07) is 14.3. The Morgan fingerprint density at radius 2 is 1.60 bits per heavy atom. The van der Waals surface area contributed by atoms with Gasteiger partial charge < -0.3 is 19.9 Å². The molecule has 2 aromatic rings. The van der Waals surface area contributed by atoms with Crippen molar-refractivity contribution in [1.29, 1.82) is 0 Å². The normalized spacial score (nSPS) is 21.9. The minimum atomic E-state index is -0.327. The zero-order valence-corrected chi connectivity index (χ0v) is 20.5. The molecular formula is C29H35N3O3. The summed E-state index contributed by atoms with van der Waals surface area (Å²) >= 11 is 0. The number of aryl methyl sites for hydroxylation is 1. The summed E-state index contributed by atoms with van der Waals surface area (Å²) in [5, 5.41) is 3.20. The lowest BCUT2D eigenvalue weighted by atomic mass is 9.81. The van der Waals surface area contributed by atoms with Crippen LogP contribution in [0, 0.1) is 11.8 Å². The summed E-state index contributed by atoms with van der Waals surface area (Å²) in [6.07, 6.45) is 9.81. The average molecular weight is 474 g/mol. The Balaban J connectivity index is 1.23. The fraction of sp³-hybridized carbons (Fsp3) is 0.448. The minimum Gasteiger partial charge on any atom is -0.497 e. The zero-order chi connectivity index (χ0) is 24.2. The van der Waals surface area contributed by atoms with Crippen LogP contribution in [0.4, 0.5) is 11.4 Å². The van der Waals surface area contributed by atoms with Crippen molar-refractivity contribution in [3.05, 3.63) is 65.7 Å². The molecular weight excluding hydrogens is 438 g/mol. The van der Waals surface area contributed by atoms with Crippen LogP contribution in [0.1, 0.15) is 36.8 Å². The zero-order valence-electron chi connectivity index (χ0n) is 20.5. The van der Waals surface area contributed by atoms with Crippen LogP contribution >= 0.6 is 0 Å². The molecule has 35 heavy (non-hydrogen) atoms. The maximum atomic E-state index is 13.6. The van der Waals surface area contributed by atoms with Crippen LogP contribution in [0.25, 0.3) is 0 Å². The van der Waals surface area contributed by atoms with Crippen LogP contribution in [-0.4, -0.2) is 50.0 Å². The third-order valence-corrected chi connectivity index (χ3v) is 7.77. The molecule has 6 nitrogen and oxygen atoms in total. The third kappa shape index (κ3) is 5.07. The van der Waals surface area contributed by atoms with E-state index in [2.05, 4.69) is 40.6 Å². The molecule has 1 aliphatic heterocycles. The van der Waals surface area contributed by atoms with E-state index in [0.717, 1.165) is 49.5 Å². The maximum Gasteiger partial charge on any atom is 0.228 e. The first-order chi connectivity index (χ1) is 17.1. The molecule has 1 fully saturated rings. The van der Waals surface area contributed by atoms with Crippen molar-refractivity contribution in [2.45, 2.75) is 38.5 Å². The standard InChI is InChI=1S/C29H35N3O3/c1-35-23-15-13-22(14-16-23)31-17-19-32(20-18-31)29(34)26-11-5-4-10-25(26)28(33)30-27-12-6-8-21-7-2-3-9-24(21)27/h4-6,8,12-16,25-26H,2-3,7,9-11,17-20H2,1H3,(H,30,33). The van der Waals surface area contributed by atoms with E-state index in [1.165, 1.54) is 17.5 Å².